The first-order valence-corrected chi connectivity index (χ1v) is 6.87. The van der Waals surface area contributed by atoms with Crippen molar-refractivity contribution < 1.29 is 19.6 Å². The normalized spacial score (nSPS) is 20.9. The fraction of sp³-hybridized carbons (Fsp3) is 0.286. The van der Waals surface area contributed by atoms with Gasteiger partial charge in [0.1, 0.15) is 0 Å². The number of nitrogens with one attached hydrogen (secondary N) is 1. The summed E-state index contributed by atoms with van der Waals surface area (Å²) in [7, 11) is 0. The van der Waals surface area contributed by atoms with Gasteiger partial charge in [0, 0.05) is 34.7 Å². The Morgan fingerprint density at radius 1 is 1.32 bits per heavy atom. The molecule has 1 aromatic rings. The van der Waals surface area contributed by atoms with Crippen molar-refractivity contribution in [3.8, 4) is 0 Å². The highest BCUT2D eigenvalue weighted by Crippen LogP contribution is 2.32. The summed E-state index contributed by atoms with van der Waals surface area (Å²) in [4.78, 5) is 33.5. The lowest BCUT2D eigenvalue weighted by Crippen LogP contribution is -2.42. The monoisotopic (exact) mass is 323 g/mol. The minimum absolute atomic E-state index is 0.0982. The average molecular weight is 324 g/mol. The molecule has 8 heteroatoms. The van der Waals surface area contributed by atoms with Gasteiger partial charge >= 0.3 is 0 Å². The molecule has 116 valence electrons. The summed E-state index contributed by atoms with van der Waals surface area (Å²) >= 11 is 5.87. The van der Waals surface area contributed by atoms with Gasteiger partial charge in [-0.05, 0) is 18.9 Å². The lowest BCUT2D eigenvalue weighted by atomic mass is 9.82. The van der Waals surface area contributed by atoms with Gasteiger partial charge in [0.25, 0.3) is 5.69 Å². The van der Waals surface area contributed by atoms with Crippen molar-refractivity contribution in [2.75, 3.05) is 5.32 Å². The van der Waals surface area contributed by atoms with Crippen molar-refractivity contribution >= 4 is 34.9 Å². The number of carboxylic acids is 1. The zero-order valence-corrected chi connectivity index (χ0v) is 12.1. The maximum atomic E-state index is 12.3. The number of carbonyl (C=O) groups is 2. The van der Waals surface area contributed by atoms with E-state index in [4.69, 9.17) is 11.6 Å². The van der Waals surface area contributed by atoms with E-state index in [9.17, 15) is 24.8 Å². The Bertz CT molecular complexity index is 658. The molecule has 22 heavy (non-hydrogen) atoms. The third-order valence-corrected chi connectivity index (χ3v) is 3.77. The molecule has 2 rings (SSSR count). The molecule has 0 bridgehead atoms. The van der Waals surface area contributed by atoms with Gasteiger partial charge in [-0.2, -0.15) is 0 Å². The molecule has 0 unspecified atom stereocenters. The van der Waals surface area contributed by atoms with Crippen molar-refractivity contribution in [2.45, 2.75) is 12.8 Å². The van der Waals surface area contributed by atoms with Crippen molar-refractivity contribution in [1.29, 1.82) is 0 Å². The molecule has 2 atom stereocenters. The fourth-order valence-corrected chi connectivity index (χ4v) is 2.58. The van der Waals surface area contributed by atoms with Gasteiger partial charge < -0.3 is 15.2 Å². The van der Waals surface area contributed by atoms with Crippen molar-refractivity contribution in [2.24, 2.45) is 11.8 Å². The molecule has 1 aliphatic rings. The van der Waals surface area contributed by atoms with E-state index in [1.165, 1.54) is 24.3 Å². The minimum atomic E-state index is -1.32. The first kappa shape index (κ1) is 16.0. The SMILES string of the molecule is O=C([O-])[C@H]1CC=C(Cl)C[C@H]1C(=O)Nc1cccc([N+](=O)[O-])c1. The number of halogens is 1. The van der Waals surface area contributed by atoms with Crippen molar-refractivity contribution in [3.05, 3.63) is 45.5 Å². The topological polar surface area (TPSA) is 112 Å². The van der Waals surface area contributed by atoms with E-state index in [1.54, 1.807) is 6.08 Å². The largest absolute Gasteiger partial charge is 0.550 e. The van der Waals surface area contributed by atoms with E-state index in [2.05, 4.69) is 5.32 Å². The second-order valence-corrected chi connectivity index (χ2v) is 5.41. The molecule has 0 aromatic heterocycles. The van der Waals surface area contributed by atoms with Gasteiger partial charge in [-0.25, -0.2) is 0 Å². The van der Waals surface area contributed by atoms with Crippen LogP contribution in [0.4, 0.5) is 11.4 Å². The molecule has 1 amide bonds. The van der Waals surface area contributed by atoms with Gasteiger partial charge in [0.2, 0.25) is 5.91 Å². The maximum Gasteiger partial charge on any atom is 0.271 e. The first-order valence-electron chi connectivity index (χ1n) is 6.49. The smallest absolute Gasteiger partial charge is 0.271 e. The summed E-state index contributed by atoms with van der Waals surface area (Å²) < 4.78 is 0. The fourth-order valence-electron chi connectivity index (χ4n) is 2.32. The molecule has 0 fully saturated rings. The van der Waals surface area contributed by atoms with Gasteiger partial charge in [-0.3, -0.25) is 14.9 Å². The summed E-state index contributed by atoms with van der Waals surface area (Å²) in [6, 6.07) is 5.41. The van der Waals surface area contributed by atoms with Gasteiger partial charge in [0.05, 0.1) is 10.8 Å². The Morgan fingerprint density at radius 3 is 2.68 bits per heavy atom. The average Bonchev–Trinajstić information content (AvgIpc) is 2.47. The summed E-state index contributed by atoms with van der Waals surface area (Å²) in [6.07, 6.45) is 1.77. The van der Waals surface area contributed by atoms with E-state index in [-0.39, 0.29) is 24.2 Å². The molecule has 1 N–H and O–H groups in total. The number of allylic oxidation sites excluding steroid dienone is 2. The Balaban J connectivity index is 2.17. The van der Waals surface area contributed by atoms with E-state index < -0.39 is 28.6 Å². The number of amides is 1. The number of carbonyl (C=O) groups excluding carboxylic acids is 2. The second-order valence-electron chi connectivity index (χ2n) is 4.92. The van der Waals surface area contributed by atoms with Crippen LogP contribution in [0.1, 0.15) is 12.8 Å². The highest BCUT2D eigenvalue weighted by Gasteiger charge is 2.32. The zero-order valence-electron chi connectivity index (χ0n) is 11.3. The predicted octanol–water partition coefficient (Wildman–Crippen LogP) is 1.43. The summed E-state index contributed by atoms with van der Waals surface area (Å²) in [5.41, 5.74) is 0.0535. The molecule has 1 aliphatic carbocycles. The van der Waals surface area contributed by atoms with Gasteiger partial charge in [-0.1, -0.05) is 23.7 Å². The van der Waals surface area contributed by atoms with Crippen LogP contribution in [-0.2, 0) is 9.59 Å². The van der Waals surface area contributed by atoms with Gasteiger partial charge in [-0.15, -0.1) is 0 Å². The molecular weight excluding hydrogens is 312 g/mol. The van der Waals surface area contributed by atoms with Crippen LogP contribution in [0.2, 0.25) is 0 Å². The highest BCUT2D eigenvalue weighted by molar-refractivity contribution is 6.29. The highest BCUT2D eigenvalue weighted by atomic mass is 35.5. The first-order chi connectivity index (χ1) is 10.4. The van der Waals surface area contributed by atoms with Crippen LogP contribution in [-0.4, -0.2) is 16.8 Å². The number of anilines is 1. The van der Waals surface area contributed by atoms with Crippen LogP contribution in [0.15, 0.2) is 35.4 Å². The molecular formula is C14H12ClN2O5-. The number of aliphatic carboxylic acids is 1. The number of benzene rings is 1. The number of carboxylic acid groups (broad SMARTS) is 1. The molecule has 0 heterocycles. The van der Waals surface area contributed by atoms with Crippen LogP contribution in [0.3, 0.4) is 0 Å². The number of nitro benzene ring substituents is 1. The number of hydrogen-bond donors (Lipinski definition) is 1. The third-order valence-electron chi connectivity index (χ3n) is 3.46. The maximum absolute atomic E-state index is 12.3. The molecule has 0 spiro atoms. The Morgan fingerprint density at radius 2 is 2.05 bits per heavy atom. The quantitative estimate of drug-likeness (QED) is 0.665. The molecule has 0 saturated heterocycles. The number of hydrogen-bond acceptors (Lipinski definition) is 5. The van der Waals surface area contributed by atoms with Crippen LogP contribution < -0.4 is 10.4 Å². The number of rotatable bonds is 4. The Labute approximate surface area is 130 Å². The van der Waals surface area contributed by atoms with Crippen LogP contribution >= 0.6 is 11.6 Å². The Hall–Kier alpha value is -2.41. The lowest BCUT2D eigenvalue weighted by molar-refractivity contribution is -0.384. The molecule has 1 aromatic carbocycles. The summed E-state index contributed by atoms with van der Waals surface area (Å²) in [5.74, 6) is -3.72. The number of nitro groups is 1. The summed E-state index contributed by atoms with van der Waals surface area (Å²) in [6.45, 7) is 0. The molecule has 0 aliphatic heterocycles. The van der Waals surface area contributed by atoms with Crippen LogP contribution in [0.25, 0.3) is 0 Å². The minimum Gasteiger partial charge on any atom is -0.550 e. The van der Waals surface area contributed by atoms with Crippen LogP contribution in [0.5, 0.6) is 0 Å². The summed E-state index contributed by atoms with van der Waals surface area (Å²) in [5, 5.41) is 24.7. The van der Waals surface area contributed by atoms with E-state index in [1.807, 2.05) is 0 Å². The zero-order chi connectivity index (χ0) is 16.3. The second kappa shape index (κ2) is 6.57. The van der Waals surface area contributed by atoms with Crippen molar-refractivity contribution in [3.63, 3.8) is 0 Å². The Kier molecular flexibility index (Phi) is 4.77. The number of non-ortho nitro benzene ring substituents is 1. The van der Waals surface area contributed by atoms with E-state index in [0.717, 1.165) is 0 Å². The van der Waals surface area contributed by atoms with E-state index >= 15 is 0 Å². The van der Waals surface area contributed by atoms with E-state index in [0.29, 0.717) is 5.03 Å². The lowest BCUT2D eigenvalue weighted by Gasteiger charge is -2.29. The molecule has 7 nitrogen and oxygen atoms in total. The predicted molar refractivity (Wildman–Crippen MR) is 76.9 cm³/mol. The standard InChI is InChI=1S/C14H13ClN2O5/c15-8-4-5-11(14(19)20)12(6-8)13(18)16-9-2-1-3-10(7-9)17(21)22/h1-4,7,11-12H,5-6H2,(H,16,18)(H,19,20)/p-1/t11-,12+/m0/s1. The number of nitrogens with zero attached hydrogens (tertiary/aromatic N) is 1. The van der Waals surface area contributed by atoms with Gasteiger partial charge in [0.15, 0.2) is 0 Å². The van der Waals surface area contributed by atoms with Crippen LogP contribution in [0, 0.1) is 22.0 Å². The molecule has 0 radical (unpaired) electrons. The molecule has 0 saturated carbocycles. The van der Waals surface area contributed by atoms with Crippen molar-refractivity contribution in [1.82, 2.24) is 0 Å². The third kappa shape index (κ3) is 3.62.